The molecule has 0 aliphatic carbocycles. The standard InChI is InChI=1S/C11H17NOS/c1-13-6-7-14-9-11-5-3-2-4-10(11)8-12/h2-5H,6-9,12H2,1H3. The molecule has 2 N–H and O–H groups in total. The molecule has 0 aliphatic rings. The van der Waals surface area contributed by atoms with E-state index in [1.807, 2.05) is 17.8 Å². The van der Waals surface area contributed by atoms with Crippen LogP contribution in [-0.2, 0) is 17.0 Å². The molecule has 3 heteroatoms. The predicted molar refractivity (Wildman–Crippen MR) is 62.4 cm³/mol. The molecular formula is C11H17NOS. The first-order chi connectivity index (χ1) is 6.88. The van der Waals surface area contributed by atoms with E-state index in [1.54, 1.807) is 7.11 Å². The van der Waals surface area contributed by atoms with Crippen molar-refractivity contribution in [1.29, 1.82) is 0 Å². The third kappa shape index (κ3) is 3.70. The van der Waals surface area contributed by atoms with Crippen molar-refractivity contribution in [3.05, 3.63) is 35.4 Å². The summed E-state index contributed by atoms with van der Waals surface area (Å²) in [6, 6.07) is 8.32. The molecule has 0 saturated carbocycles. The molecule has 1 rings (SSSR count). The summed E-state index contributed by atoms with van der Waals surface area (Å²) in [4.78, 5) is 0. The highest BCUT2D eigenvalue weighted by atomic mass is 32.2. The van der Waals surface area contributed by atoms with Gasteiger partial charge in [-0.15, -0.1) is 0 Å². The Morgan fingerprint density at radius 2 is 2.00 bits per heavy atom. The molecular weight excluding hydrogens is 194 g/mol. The van der Waals surface area contributed by atoms with Crippen LogP contribution in [0.3, 0.4) is 0 Å². The number of rotatable bonds is 6. The van der Waals surface area contributed by atoms with Crippen LogP contribution >= 0.6 is 11.8 Å². The average molecular weight is 211 g/mol. The summed E-state index contributed by atoms with van der Waals surface area (Å²) < 4.78 is 4.99. The highest BCUT2D eigenvalue weighted by molar-refractivity contribution is 7.98. The molecule has 1 aromatic rings. The summed E-state index contributed by atoms with van der Waals surface area (Å²) in [5, 5.41) is 0. The van der Waals surface area contributed by atoms with Gasteiger partial charge in [0, 0.05) is 25.2 Å². The van der Waals surface area contributed by atoms with Crippen LogP contribution in [0.4, 0.5) is 0 Å². The topological polar surface area (TPSA) is 35.2 Å². The number of benzene rings is 1. The zero-order valence-corrected chi connectivity index (χ0v) is 9.35. The van der Waals surface area contributed by atoms with Gasteiger partial charge in [-0.05, 0) is 11.1 Å². The van der Waals surface area contributed by atoms with Crippen molar-refractivity contribution in [2.45, 2.75) is 12.3 Å². The lowest BCUT2D eigenvalue weighted by Crippen LogP contribution is -2.01. The third-order valence-corrected chi connectivity index (χ3v) is 3.00. The Kier molecular flexibility index (Phi) is 5.68. The summed E-state index contributed by atoms with van der Waals surface area (Å²) in [6.45, 7) is 1.44. The number of ether oxygens (including phenoxy) is 1. The minimum Gasteiger partial charge on any atom is -0.384 e. The number of thioether (sulfide) groups is 1. The van der Waals surface area contributed by atoms with E-state index in [0.717, 1.165) is 18.1 Å². The smallest absolute Gasteiger partial charge is 0.0553 e. The average Bonchev–Trinajstić information content (AvgIpc) is 2.25. The molecule has 0 spiro atoms. The van der Waals surface area contributed by atoms with Gasteiger partial charge in [0.25, 0.3) is 0 Å². The third-order valence-electron chi connectivity index (χ3n) is 2.03. The number of nitrogens with two attached hydrogens (primary N) is 1. The molecule has 14 heavy (non-hydrogen) atoms. The summed E-state index contributed by atoms with van der Waals surface area (Å²) in [6.07, 6.45) is 0. The van der Waals surface area contributed by atoms with Gasteiger partial charge in [-0.1, -0.05) is 24.3 Å². The van der Waals surface area contributed by atoms with Crippen LogP contribution in [-0.4, -0.2) is 19.5 Å². The lowest BCUT2D eigenvalue weighted by molar-refractivity contribution is 0.218. The maximum atomic E-state index is 5.65. The molecule has 0 aliphatic heterocycles. The molecule has 0 aromatic heterocycles. The van der Waals surface area contributed by atoms with Gasteiger partial charge in [0.2, 0.25) is 0 Å². The van der Waals surface area contributed by atoms with Crippen LogP contribution in [0.1, 0.15) is 11.1 Å². The minimum absolute atomic E-state index is 0.626. The van der Waals surface area contributed by atoms with E-state index >= 15 is 0 Å². The van der Waals surface area contributed by atoms with Crippen molar-refractivity contribution >= 4 is 11.8 Å². The summed E-state index contributed by atoms with van der Waals surface area (Å²) in [5.74, 6) is 2.06. The van der Waals surface area contributed by atoms with Crippen LogP contribution in [0, 0.1) is 0 Å². The van der Waals surface area contributed by atoms with E-state index in [0.29, 0.717) is 6.54 Å². The van der Waals surface area contributed by atoms with Crippen molar-refractivity contribution < 1.29 is 4.74 Å². The van der Waals surface area contributed by atoms with Crippen molar-refractivity contribution in [2.75, 3.05) is 19.5 Å². The zero-order valence-electron chi connectivity index (χ0n) is 8.53. The Morgan fingerprint density at radius 1 is 1.29 bits per heavy atom. The van der Waals surface area contributed by atoms with Gasteiger partial charge in [0.1, 0.15) is 0 Å². The number of hydrogen-bond donors (Lipinski definition) is 1. The summed E-state index contributed by atoms with van der Waals surface area (Å²) >= 11 is 1.88. The van der Waals surface area contributed by atoms with Crippen molar-refractivity contribution in [2.24, 2.45) is 5.73 Å². The molecule has 0 heterocycles. The normalized spacial score (nSPS) is 10.4. The number of methoxy groups -OCH3 is 1. The van der Waals surface area contributed by atoms with E-state index in [-0.39, 0.29) is 0 Å². The zero-order chi connectivity index (χ0) is 10.2. The van der Waals surface area contributed by atoms with Crippen LogP contribution in [0.2, 0.25) is 0 Å². The molecule has 78 valence electrons. The molecule has 2 nitrogen and oxygen atoms in total. The SMILES string of the molecule is COCCSCc1ccccc1CN. The fraction of sp³-hybridized carbons (Fsp3) is 0.455. The predicted octanol–water partition coefficient (Wildman–Crippen LogP) is 2.02. The largest absolute Gasteiger partial charge is 0.384 e. The first kappa shape index (κ1) is 11.6. The molecule has 0 atom stereocenters. The van der Waals surface area contributed by atoms with Gasteiger partial charge in [-0.3, -0.25) is 0 Å². The highest BCUT2D eigenvalue weighted by Gasteiger charge is 1.99. The van der Waals surface area contributed by atoms with Gasteiger partial charge in [0.05, 0.1) is 6.61 Å². The maximum Gasteiger partial charge on any atom is 0.0553 e. The van der Waals surface area contributed by atoms with E-state index in [4.69, 9.17) is 10.5 Å². The second-order valence-electron chi connectivity index (χ2n) is 3.02. The molecule has 0 fully saturated rings. The molecule has 0 bridgehead atoms. The fourth-order valence-corrected chi connectivity index (χ4v) is 2.15. The van der Waals surface area contributed by atoms with Gasteiger partial charge in [-0.25, -0.2) is 0 Å². The molecule has 0 amide bonds. The van der Waals surface area contributed by atoms with Gasteiger partial charge < -0.3 is 10.5 Å². The quantitative estimate of drug-likeness (QED) is 0.731. The monoisotopic (exact) mass is 211 g/mol. The summed E-state index contributed by atoms with van der Waals surface area (Å²) in [5.41, 5.74) is 8.24. The van der Waals surface area contributed by atoms with Crippen LogP contribution in [0.15, 0.2) is 24.3 Å². The molecule has 1 aromatic carbocycles. The van der Waals surface area contributed by atoms with Gasteiger partial charge in [0.15, 0.2) is 0 Å². The maximum absolute atomic E-state index is 5.65. The molecule has 0 unspecified atom stereocenters. The lowest BCUT2D eigenvalue weighted by atomic mass is 10.1. The van der Waals surface area contributed by atoms with Crippen LogP contribution in [0.25, 0.3) is 0 Å². The van der Waals surface area contributed by atoms with E-state index in [9.17, 15) is 0 Å². The molecule has 0 saturated heterocycles. The first-order valence-electron chi connectivity index (χ1n) is 4.72. The fourth-order valence-electron chi connectivity index (χ4n) is 1.22. The van der Waals surface area contributed by atoms with Crippen molar-refractivity contribution in [3.8, 4) is 0 Å². The van der Waals surface area contributed by atoms with Gasteiger partial charge >= 0.3 is 0 Å². The number of hydrogen-bond acceptors (Lipinski definition) is 3. The van der Waals surface area contributed by atoms with Gasteiger partial charge in [-0.2, -0.15) is 11.8 Å². The highest BCUT2D eigenvalue weighted by Crippen LogP contribution is 2.15. The Labute approximate surface area is 89.8 Å². The Balaban J connectivity index is 2.41. The van der Waals surface area contributed by atoms with Crippen molar-refractivity contribution in [3.63, 3.8) is 0 Å². The van der Waals surface area contributed by atoms with Crippen molar-refractivity contribution in [1.82, 2.24) is 0 Å². The second-order valence-corrected chi connectivity index (χ2v) is 4.12. The van der Waals surface area contributed by atoms with Crippen LogP contribution in [0.5, 0.6) is 0 Å². The Morgan fingerprint density at radius 3 is 2.64 bits per heavy atom. The summed E-state index contributed by atoms with van der Waals surface area (Å²) in [7, 11) is 1.73. The minimum atomic E-state index is 0.626. The van der Waals surface area contributed by atoms with E-state index in [1.165, 1.54) is 11.1 Å². The Bertz CT molecular complexity index is 265. The molecule has 0 radical (unpaired) electrons. The van der Waals surface area contributed by atoms with E-state index in [2.05, 4.69) is 18.2 Å². The van der Waals surface area contributed by atoms with Crippen LogP contribution < -0.4 is 5.73 Å². The first-order valence-corrected chi connectivity index (χ1v) is 5.87. The van der Waals surface area contributed by atoms with E-state index < -0.39 is 0 Å². The Hall–Kier alpha value is -0.510. The second kappa shape index (κ2) is 6.87. The lowest BCUT2D eigenvalue weighted by Gasteiger charge is -2.06.